The molecule has 3 amide bonds. The predicted molar refractivity (Wildman–Crippen MR) is 101 cm³/mol. The molecule has 0 aliphatic carbocycles. The molecule has 0 aromatic heterocycles. The molecule has 2 fully saturated rings. The third-order valence-corrected chi connectivity index (χ3v) is 5.55. The summed E-state index contributed by atoms with van der Waals surface area (Å²) in [4.78, 5) is 40.1. The van der Waals surface area contributed by atoms with Crippen LogP contribution >= 0.6 is 23.4 Å². The lowest BCUT2D eigenvalue weighted by molar-refractivity contribution is -0.136. The first-order chi connectivity index (χ1) is 12.5. The van der Waals surface area contributed by atoms with E-state index in [9.17, 15) is 14.4 Å². The maximum Gasteiger partial charge on any atom is 0.294 e. The fraction of sp³-hybridized carbons (Fsp3) is 0.389. The zero-order valence-corrected chi connectivity index (χ0v) is 15.9. The Labute approximate surface area is 161 Å². The Balaban J connectivity index is 1.71. The van der Waals surface area contributed by atoms with Crippen molar-refractivity contribution in [2.75, 3.05) is 26.7 Å². The molecule has 0 spiro atoms. The highest BCUT2D eigenvalue weighted by Gasteiger charge is 2.37. The highest BCUT2D eigenvalue weighted by Crippen LogP contribution is 2.33. The van der Waals surface area contributed by atoms with E-state index in [1.54, 1.807) is 29.2 Å². The molecule has 0 atom stereocenters. The summed E-state index contributed by atoms with van der Waals surface area (Å²) < 4.78 is 5.10. The van der Waals surface area contributed by atoms with Gasteiger partial charge in [-0.05, 0) is 54.8 Å². The third kappa shape index (κ3) is 4.04. The number of carbonyl (C=O) groups is 3. The Morgan fingerprint density at radius 3 is 2.65 bits per heavy atom. The monoisotopic (exact) mass is 394 g/mol. The number of nitrogens with zero attached hydrogens (tertiary/aromatic N) is 2. The van der Waals surface area contributed by atoms with Crippen molar-refractivity contribution in [1.82, 2.24) is 9.80 Å². The normalized spacial score (nSPS) is 19.4. The van der Waals surface area contributed by atoms with E-state index >= 15 is 0 Å². The number of thioether (sulfide) groups is 1. The highest BCUT2D eigenvalue weighted by atomic mass is 35.5. The van der Waals surface area contributed by atoms with Gasteiger partial charge >= 0.3 is 0 Å². The van der Waals surface area contributed by atoms with Crippen LogP contribution in [0.15, 0.2) is 23.1 Å². The molecule has 8 heteroatoms. The van der Waals surface area contributed by atoms with E-state index < -0.39 is 11.1 Å². The van der Waals surface area contributed by atoms with Gasteiger partial charge < -0.3 is 9.64 Å². The van der Waals surface area contributed by atoms with Gasteiger partial charge in [-0.25, -0.2) is 0 Å². The fourth-order valence-electron chi connectivity index (χ4n) is 2.94. The minimum Gasteiger partial charge on any atom is -0.495 e. The molecule has 1 aromatic carbocycles. The maximum absolute atomic E-state index is 12.5. The summed E-state index contributed by atoms with van der Waals surface area (Å²) in [5.41, 5.74) is 0.684. The molecule has 6 nitrogen and oxygen atoms in total. The van der Waals surface area contributed by atoms with Crippen molar-refractivity contribution < 1.29 is 19.1 Å². The molecule has 2 aliphatic heterocycles. The van der Waals surface area contributed by atoms with Crippen LogP contribution in [0.5, 0.6) is 5.75 Å². The molecule has 3 rings (SSSR count). The molecule has 2 saturated heterocycles. The molecule has 2 heterocycles. The summed E-state index contributed by atoms with van der Waals surface area (Å²) in [6.07, 6.45) is 4.64. The number of imide groups is 1. The first-order valence-electron chi connectivity index (χ1n) is 8.36. The Kier molecular flexibility index (Phi) is 5.88. The van der Waals surface area contributed by atoms with Crippen molar-refractivity contribution >= 4 is 46.5 Å². The Bertz CT molecular complexity index is 774. The van der Waals surface area contributed by atoms with Crippen LogP contribution < -0.4 is 4.74 Å². The summed E-state index contributed by atoms with van der Waals surface area (Å²) in [5, 5.41) is -0.00743. The van der Waals surface area contributed by atoms with Gasteiger partial charge in [-0.1, -0.05) is 17.7 Å². The maximum atomic E-state index is 12.5. The fourth-order valence-corrected chi connectivity index (χ4v) is 4.04. The standard InChI is InChI=1S/C18H19ClN2O4S/c1-25-14-6-5-12(9-13(14)19)10-15-17(23)21(18(24)26-15)11-16(22)20-7-3-2-4-8-20/h5-6,9-10H,2-4,7-8,11H2,1H3/b15-10-. The van der Waals surface area contributed by atoms with Crippen molar-refractivity contribution in [3.05, 3.63) is 33.7 Å². The van der Waals surface area contributed by atoms with Gasteiger partial charge in [0.1, 0.15) is 12.3 Å². The van der Waals surface area contributed by atoms with Crippen molar-refractivity contribution in [3.63, 3.8) is 0 Å². The van der Waals surface area contributed by atoms with E-state index in [4.69, 9.17) is 16.3 Å². The van der Waals surface area contributed by atoms with Crippen molar-refractivity contribution in [3.8, 4) is 5.75 Å². The first kappa shape index (κ1) is 18.8. The molecule has 138 valence electrons. The first-order valence-corrected chi connectivity index (χ1v) is 9.55. The van der Waals surface area contributed by atoms with Crippen LogP contribution in [0.1, 0.15) is 24.8 Å². The van der Waals surface area contributed by atoms with Crippen molar-refractivity contribution in [2.24, 2.45) is 0 Å². The molecular weight excluding hydrogens is 376 g/mol. The number of amides is 3. The molecule has 0 unspecified atom stereocenters. The van der Waals surface area contributed by atoms with Gasteiger partial charge in [0.15, 0.2) is 0 Å². The van der Waals surface area contributed by atoms with Gasteiger partial charge in [0.05, 0.1) is 17.0 Å². The molecule has 26 heavy (non-hydrogen) atoms. The summed E-state index contributed by atoms with van der Waals surface area (Å²) in [6, 6.07) is 5.10. The zero-order chi connectivity index (χ0) is 18.7. The Morgan fingerprint density at radius 2 is 2.00 bits per heavy atom. The SMILES string of the molecule is COc1ccc(/C=C2\SC(=O)N(CC(=O)N3CCCCC3)C2=O)cc1Cl. The van der Waals surface area contributed by atoms with Crippen LogP contribution in [0, 0.1) is 0 Å². The van der Waals surface area contributed by atoms with E-state index in [1.165, 1.54) is 7.11 Å². The minimum absolute atomic E-state index is 0.180. The number of likely N-dealkylation sites (tertiary alicyclic amines) is 1. The highest BCUT2D eigenvalue weighted by molar-refractivity contribution is 8.18. The Morgan fingerprint density at radius 1 is 1.27 bits per heavy atom. The second-order valence-electron chi connectivity index (χ2n) is 6.10. The van der Waals surface area contributed by atoms with Gasteiger partial charge in [-0.15, -0.1) is 0 Å². The topological polar surface area (TPSA) is 66.9 Å². The number of halogens is 1. The number of hydrogen-bond acceptors (Lipinski definition) is 5. The van der Waals surface area contributed by atoms with Crippen LogP contribution in [0.4, 0.5) is 4.79 Å². The average Bonchev–Trinajstić information content (AvgIpc) is 2.90. The average molecular weight is 395 g/mol. The lowest BCUT2D eigenvalue weighted by Crippen LogP contribution is -2.44. The number of hydrogen-bond donors (Lipinski definition) is 0. The Hall–Kier alpha value is -1.99. The van der Waals surface area contributed by atoms with E-state index in [0.29, 0.717) is 29.4 Å². The van der Waals surface area contributed by atoms with E-state index in [0.717, 1.165) is 35.9 Å². The number of benzene rings is 1. The molecular formula is C18H19ClN2O4S. The molecule has 0 saturated carbocycles. The summed E-state index contributed by atoms with van der Waals surface area (Å²) in [6.45, 7) is 1.18. The summed E-state index contributed by atoms with van der Waals surface area (Å²) >= 11 is 6.92. The number of rotatable bonds is 4. The van der Waals surface area contributed by atoms with Gasteiger partial charge in [-0.2, -0.15) is 0 Å². The van der Waals surface area contributed by atoms with Crippen LogP contribution in [-0.2, 0) is 9.59 Å². The van der Waals surface area contributed by atoms with Crippen LogP contribution in [-0.4, -0.2) is 53.6 Å². The number of carbonyl (C=O) groups excluding carboxylic acids is 3. The van der Waals surface area contributed by atoms with E-state index in [1.807, 2.05) is 0 Å². The van der Waals surface area contributed by atoms with Gasteiger partial charge in [-0.3, -0.25) is 19.3 Å². The van der Waals surface area contributed by atoms with E-state index in [2.05, 4.69) is 0 Å². The number of methoxy groups -OCH3 is 1. The van der Waals surface area contributed by atoms with Gasteiger partial charge in [0.25, 0.3) is 11.1 Å². The second-order valence-corrected chi connectivity index (χ2v) is 7.50. The minimum atomic E-state index is -0.447. The smallest absolute Gasteiger partial charge is 0.294 e. The van der Waals surface area contributed by atoms with E-state index in [-0.39, 0.29) is 17.4 Å². The van der Waals surface area contributed by atoms with Crippen LogP contribution in [0.25, 0.3) is 6.08 Å². The lowest BCUT2D eigenvalue weighted by atomic mass is 10.1. The quantitative estimate of drug-likeness (QED) is 0.732. The number of ether oxygens (including phenoxy) is 1. The molecule has 0 N–H and O–H groups in total. The second kappa shape index (κ2) is 8.14. The molecule has 0 radical (unpaired) electrons. The largest absolute Gasteiger partial charge is 0.495 e. The number of piperidine rings is 1. The molecule has 2 aliphatic rings. The molecule has 1 aromatic rings. The molecule has 0 bridgehead atoms. The lowest BCUT2D eigenvalue weighted by Gasteiger charge is -2.27. The van der Waals surface area contributed by atoms with Crippen molar-refractivity contribution in [1.29, 1.82) is 0 Å². The van der Waals surface area contributed by atoms with Crippen molar-refractivity contribution in [2.45, 2.75) is 19.3 Å². The van der Waals surface area contributed by atoms with Gasteiger partial charge in [0.2, 0.25) is 5.91 Å². The third-order valence-electron chi connectivity index (χ3n) is 4.35. The van der Waals surface area contributed by atoms with Gasteiger partial charge in [0, 0.05) is 13.1 Å². The summed E-state index contributed by atoms with van der Waals surface area (Å²) in [7, 11) is 1.52. The zero-order valence-electron chi connectivity index (χ0n) is 14.4. The van der Waals surface area contributed by atoms with Crippen LogP contribution in [0.2, 0.25) is 5.02 Å². The summed E-state index contributed by atoms with van der Waals surface area (Å²) in [5.74, 6) is -0.0953. The predicted octanol–water partition coefficient (Wildman–Crippen LogP) is 3.40. The van der Waals surface area contributed by atoms with Crippen LogP contribution in [0.3, 0.4) is 0 Å².